The maximum absolute atomic E-state index is 12.6. The van der Waals surface area contributed by atoms with Crippen LogP contribution in [0.25, 0.3) is 0 Å². The second-order valence-corrected chi connectivity index (χ2v) is 7.46. The first-order chi connectivity index (χ1) is 11.6. The summed E-state index contributed by atoms with van der Waals surface area (Å²) in [6.45, 7) is 3.14. The maximum Gasteiger partial charge on any atom is 0.357 e. The topological polar surface area (TPSA) is 129 Å². The molecule has 0 spiro atoms. The molecule has 10 nitrogen and oxygen atoms in total. The van der Waals surface area contributed by atoms with Gasteiger partial charge in [-0.05, 0) is 13.8 Å². The Labute approximate surface area is 146 Å². The summed E-state index contributed by atoms with van der Waals surface area (Å²) in [5, 5.41) is 1.24. The van der Waals surface area contributed by atoms with Crippen LogP contribution >= 0.6 is 11.3 Å². The molecule has 136 valence electrons. The average Bonchev–Trinajstić information content (AvgIpc) is 2.99. The number of sulfonamides is 1. The lowest BCUT2D eigenvalue weighted by molar-refractivity contribution is 0.0520. The Bertz CT molecular complexity index is 1050. The van der Waals surface area contributed by atoms with E-state index in [1.165, 1.54) is 26.4 Å². The minimum atomic E-state index is -4.31. The molecule has 0 aliphatic heterocycles. The predicted octanol–water partition coefficient (Wildman–Crippen LogP) is -0.174. The molecule has 2 aromatic heterocycles. The first kappa shape index (κ1) is 18.9. The Kier molecular flexibility index (Phi) is 5.13. The highest BCUT2D eigenvalue weighted by molar-refractivity contribution is 7.93. The molecule has 0 aromatic carbocycles. The van der Waals surface area contributed by atoms with Crippen molar-refractivity contribution in [1.29, 1.82) is 0 Å². The lowest BCUT2D eigenvalue weighted by Crippen LogP contribution is -2.42. The van der Waals surface area contributed by atoms with Crippen molar-refractivity contribution >= 4 is 32.5 Å². The van der Waals surface area contributed by atoms with Crippen molar-refractivity contribution < 1.29 is 17.9 Å². The number of nitrogens with zero attached hydrogens (tertiary/aromatic N) is 3. The van der Waals surface area contributed by atoms with E-state index in [1.807, 2.05) is 0 Å². The molecule has 0 aliphatic rings. The molecule has 0 radical (unpaired) electrons. The van der Waals surface area contributed by atoms with E-state index in [-0.39, 0.29) is 23.1 Å². The SMILES string of the molecule is CCOC(=O)c1csc(NS(=O)(=O)c2c(C)n(C)c(=O)n(C)c2=O)n1. The molecule has 0 fully saturated rings. The molecular weight excluding hydrogens is 372 g/mol. The highest BCUT2D eigenvalue weighted by Gasteiger charge is 2.26. The number of carbonyl (C=O) groups is 1. The van der Waals surface area contributed by atoms with E-state index in [9.17, 15) is 22.8 Å². The summed E-state index contributed by atoms with van der Waals surface area (Å²) in [5.74, 6) is -0.682. The fourth-order valence-corrected chi connectivity index (χ4v) is 4.32. The van der Waals surface area contributed by atoms with Crippen LogP contribution in [0.1, 0.15) is 23.1 Å². The molecule has 0 saturated heterocycles. The standard InChI is InChI=1S/C13H16N4O6S2/c1-5-23-11(19)8-6-24-12(14-8)15-25(21,22)9-7(2)16(3)13(20)17(4)10(9)18/h6H,5H2,1-4H3,(H,14,15). The molecule has 0 amide bonds. The second kappa shape index (κ2) is 6.80. The van der Waals surface area contributed by atoms with Gasteiger partial charge in [0.05, 0.1) is 6.61 Å². The first-order valence-corrected chi connectivity index (χ1v) is 9.38. The molecule has 1 N–H and O–H groups in total. The molecule has 12 heteroatoms. The van der Waals surface area contributed by atoms with Crippen molar-refractivity contribution in [3.8, 4) is 0 Å². The minimum absolute atomic E-state index is 0.0113. The number of rotatable bonds is 5. The van der Waals surface area contributed by atoms with Crippen molar-refractivity contribution in [2.45, 2.75) is 18.7 Å². The van der Waals surface area contributed by atoms with Crippen molar-refractivity contribution in [1.82, 2.24) is 14.1 Å². The fraction of sp³-hybridized carbons (Fsp3) is 0.385. The number of hydrogen-bond donors (Lipinski definition) is 1. The molecule has 0 aliphatic carbocycles. The molecule has 2 aromatic rings. The molecular formula is C13H16N4O6S2. The van der Waals surface area contributed by atoms with Gasteiger partial charge in [0.25, 0.3) is 15.6 Å². The number of aromatic nitrogens is 3. The maximum atomic E-state index is 12.6. The molecule has 0 unspecified atom stereocenters. The third-order valence-electron chi connectivity index (χ3n) is 3.38. The van der Waals surface area contributed by atoms with Gasteiger partial charge in [0.15, 0.2) is 15.7 Å². The van der Waals surface area contributed by atoms with Gasteiger partial charge in [-0.15, -0.1) is 11.3 Å². The zero-order chi connectivity index (χ0) is 18.9. The largest absolute Gasteiger partial charge is 0.461 e. The van der Waals surface area contributed by atoms with Gasteiger partial charge in [0.1, 0.15) is 0 Å². The molecule has 0 bridgehead atoms. The normalized spacial score (nSPS) is 11.4. The van der Waals surface area contributed by atoms with Crippen LogP contribution < -0.4 is 16.0 Å². The number of esters is 1. The third-order valence-corrected chi connectivity index (χ3v) is 5.74. The van der Waals surface area contributed by atoms with Gasteiger partial charge in [-0.25, -0.2) is 23.0 Å². The summed E-state index contributed by atoms with van der Waals surface area (Å²) >= 11 is 0.869. The van der Waals surface area contributed by atoms with Gasteiger partial charge in [0, 0.05) is 25.2 Å². The van der Waals surface area contributed by atoms with Crippen LogP contribution in [-0.2, 0) is 28.9 Å². The summed E-state index contributed by atoms with van der Waals surface area (Å²) in [4.78, 5) is 38.9. The first-order valence-electron chi connectivity index (χ1n) is 7.02. The quantitative estimate of drug-likeness (QED) is 0.704. The smallest absolute Gasteiger partial charge is 0.357 e. The van der Waals surface area contributed by atoms with Crippen molar-refractivity contribution in [3.05, 3.63) is 37.6 Å². The monoisotopic (exact) mass is 388 g/mol. The third kappa shape index (κ3) is 3.49. The van der Waals surface area contributed by atoms with E-state index in [0.717, 1.165) is 15.9 Å². The van der Waals surface area contributed by atoms with Gasteiger partial charge in [-0.1, -0.05) is 0 Å². The Morgan fingerprint density at radius 2 is 1.96 bits per heavy atom. The number of anilines is 1. The highest BCUT2D eigenvalue weighted by atomic mass is 32.2. The number of thiazole rings is 1. The second-order valence-electron chi connectivity index (χ2n) is 4.98. The van der Waals surface area contributed by atoms with E-state index in [2.05, 4.69) is 9.71 Å². The molecule has 2 heterocycles. The van der Waals surface area contributed by atoms with E-state index < -0.39 is 32.1 Å². The van der Waals surface area contributed by atoms with Crippen molar-refractivity contribution in [3.63, 3.8) is 0 Å². The minimum Gasteiger partial charge on any atom is -0.461 e. The van der Waals surface area contributed by atoms with Gasteiger partial charge < -0.3 is 4.74 Å². The van der Waals surface area contributed by atoms with Gasteiger partial charge in [-0.3, -0.25) is 18.7 Å². The van der Waals surface area contributed by atoms with Crippen molar-refractivity contribution in [2.75, 3.05) is 11.3 Å². The summed E-state index contributed by atoms with van der Waals surface area (Å²) in [7, 11) is -1.76. The predicted molar refractivity (Wildman–Crippen MR) is 90.5 cm³/mol. The zero-order valence-electron chi connectivity index (χ0n) is 13.9. The Morgan fingerprint density at radius 3 is 2.56 bits per heavy atom. The molecule has 2 rings (SSSR count). The number of ether oxygens (including phenoxy) is 1. The van der Waals surface area contributed by atoms with Crippen LogP contribution in [-0.4, -0.2) is 35.1 Å². The number of hydrogen-bond acceptors (Lipinski definition) is 8. The number of carbonyl (C=O) groups excluding carboxylic acids is 1. The Balaban J connectivity index is 2.47. The van der Waals surface area contributed by atoms with Crippen LogP contribution in [0, 0.1) is 6.92 Å². The zero-order valence-corrected chi connectivity index (χ0v) is 15.5. The summed E-state index contributed by atoms with van der Waals surface area (Å²) in [6, 6.07) is 0. The highest BCUT2D eigenvalue weighted by Crippen LogP contribution is 2.20. The Hall–Kier alpha value is -2.47. The van der Waals surface area contributed by atoms with Crippen LogP contribution in [0.15, 0.2) is 19.9 Å². The Morgan fingerprint density at radius 1 is 1.32 bits per heavy atom. The van der Waals surface area contributed by atoms with Gasteiger partial charge >= 0.3 is 11.7 Å². The van der Waals surface area contributed by atoms with E-state index >= 15 is 0 Å². The molecule has 0 atom stereocenters. The van der Waals surface area contributed by atoms with Crippen LogP contribution in [0.3, 0.4) is 0 Å². The summed E-state index contributed by atoms with van der Waals surface area (Å²) in [5.41, 5.74) is -1.65. The lowest BCUT2D eigenvalue weighted by atomic mass is 10.4. The van der Waals surface area contributed by atoms with E-state index in [0.29, 0.717) is 4.57 Å². The van der Waals surface area contributed by atoms with Crippen LogP contribution in [0.2, 0.25) is 0 Å². The summed E-state index contributed by atoms with van der Waals surface area (Å²) < 4.78 is 33.8. The van der Waals surface area contributed by atoms with Gasteiger partial charge in [0.2, 0.25) is 0 Å². The van der Waals surface area contributed by atoms with E-state index in [4.69, 9.17) is 4.74 Å². The number of nitrogens with one attached hydrogen (secondary N) is 1. The average molecular weight is 388 g/mol. The van der Waals surface area contributed by atoms with Gasteiger partial charge in [-0.2, -0.15) is 0 Å². The van der Waals surface area contributed by atoms with Crippen LogP contribution in [0.4, 0.5) is 5.13 Å². The summed E-state index contributed by atoms with van der Waals surface area (Å²) in [6.07, 6.45) is 0. The molecule has 0 saturated carbocycles. The molecule has 25 heavy (non-hydrogen) atoms. The van der Waals surface area contributed by atoms with E-state index in [1.54, 1.807) is 6.92 Å². The van der Waals surface area contributed by atoms with Crippen molar-refractivity contribution in [2.24, 2.45) is 14.1 Å². The lowest BCUT2D eigenvalue weighted by Gasteiger charge is -2.12. The fourth-order valence-electron chi connectivity index (χ4n) is 2.01. The van der Waals surface area contributed by atoms with Crippen LogP contribution in [0.5, 0.6) is 0 Å².